The molecule has 5 aliphatic rings. The highest BCUT2D eigenvalue weighted by molar-refractivity contribution is 6.01. The van der Waals surface area contributed by atoms with Crippen molar-refractivity contribution in [3.05, 3.63) is 59.8 Å². The zero-order valence-corrected chi connectivity index (χ0v) is 21.1. The molecular formula is C30H37N3O2. The van der Waals surface area contributed by atoms with E-state index >= 15 is 0 Å². The predicted octanol–water partition coefficient (Wildman–Crippen LogP) is 4.62. The van der Waals surface area contributed by atoms with E-state index in [1.165, 1.54) is 11.1 Å². The molecule has 1 aromatic rings. The lowest BCUT2D eigenvalue weighted by molar-refractivity contribution is -0.128. The predicted molar refractivity (Wildman–Crippen MR) is 138 cm³/mol. The number of fused-ring (bicyclic) bond motifs is 5. The van der Waals surface area contributed by atoms with Crippen molar-refractivity contribution in [3.63, 3.8) is 0 Å². The van der Waals surface area contributed by atoms with Crippen LogP contribution in [0.25, 0.3) is 0 Å². The maximum Gasteiger partial charge on any atom is 0.178 e. The summed E-state index contributed by atoms with van der Waals surface area (Å²) in [4.78, 5) is 34.8. The molecule has 2 saturated carbocycles. The standard InChI is InChI=1S/C30H37N3O2/c1-29-12-10-22(34)19-21(29)6-7-23-24-8-9-26(30(24,2)13-11-25(23)29)27(35)20-32-15-17-33(18-16-32)28-5-3-4-14-31-28/h3-5,10-12,14,19,23-24,26H,6-9,13,15-18,20H2,1-2H3/t23-,24-,26+,29-,30-/m0/s1. The number of allylic oxidation sites excluding steroid dienone is 6. The van der Waals surface area contributed by atoms with Gasteiger partial charge >= 0.3 is 0 Å². The Morgan fingerprint density at radius 2 is 1.94 bits per heavy atom. The monoisotopic (exact) mass is 471 g/mol. The van der Waals surface area contributed by atoms with E-state index in [9.17, 15) is 9.59 Å². The third kappa shape index (κ3) is 3.74. The number of Topliss-reactive ketones (excluding diaryl/α,β-unsaturated/α-hetero) is 1. The zero-order valence-electron chi connectivity index (χ0n) is 21.1. The Morgan fingerprint density at radius 1 is 1.11 bits per heavy atom. The number of nitrogens with zero attached hydrogens (tertiary/aromatic N) is 3. The molecule has 4 aliphatic carbocycles. The van der Waals surface area contributed by atoms with Crippen LogP contribution in [-0.2, 0) is 9.59 Å². The summed E-state index contributed by atoms with van der Waals surface area (Å²) in [6.07, 6.45) is 15.4. The van der Waals surface area contributed by atoms with E-state index in [0.29, 0.717) is 24.2 Å². The summed E-state index contributed by atoms with van der Waals surface area (Å²) in [5.74, 6) is 2.88. The first-order chi connectivity index (χ1) is 16.9. The number of carbonyl (C=O) groups is 2. The fraction of sp³-hybridized carbons (Fsp3) is 0.567. The van der Waals surface area contributed by atoms with Crippen LogP contribution in [0.5, 0.6) is 0 Å². The van der Waals surface area contributed by atoms with Crippen molar-refractivity contribution in [2.24, 2.45) is 28.6 Å². The highest BCUT2D eigenvalue weighted by Crippen LogP contribution is 2.63. The Bertz CT molecular complexity index is 1110. The maximum absolute atomic E-state index is 13.7. The zero-order chi connectivity index (χ0) is 24.2. The number of hydrogen-bond acceptors (Lipinski definition) is 5. The molecule has 0 radical (unpaired) electrons. The second kappa shape index (κ2) is 8.55. The van der Waals surface area contributed by atoms with Crippen molar-refractivity contribution in [1.82, 2.24) is 9.88 Å². The summed E-state index contributed by atoms with van der Waals surface area (Å²) in [5.41, 5.74) is 2.76. The fourth-order valence-corrected chi connectivity index (χ4v) is 8.06. The first-order valence-corrected chi connectivity index (χ1v) is 13.4. The number of aromatic nitrogens is 1. The molecule has 5 atom stereocenters. The molecule has 0 amide bonds. The average Bonchev–Trinajstić information content (AvgIpc) is 3.23. The summed E-state index contributed by atoms with van der Waals surface area (Å²) >= 11 is 0. The third-order valence-corrected chi connectivity index (χ3v) is 10.1. The number of hydrogen-bond donors (Lipinski definition) is 0. The van der Waals surface area contributed by atoms with E-state index in [2.05, 4.69) is 46.8 Å². The highest BCUT2D eigenvalue weighted by atomic mass is 16.1. The largest absolute Gasteiger partial charge is 0.354 e. The molecule has 5 heteroatoms. The molecular weight excluding hydrogens is 434 g/mol. The minimum Gasteiger partial charge on any atom is -0.354 e. The van der Waals surface area contributed by atoms with Crippen molar-refractivity contribution in [3.8, 4) is 0 Å². The van der Waals surface area contributed by atoms with Crippen molar-refractivity contribution in [2.75, 3.05) is 37.6 Å². The Hall–Kier alpha value is -2.53. The highest BCUT2D eigenvalue weighted by Gasteiger charge is 2.56. The van der Waals surface area contributed by atoms with Gasteiger partial charge in [0.15, 0.2) is 5.78 Å². The van der Waals surface area contributed by atoms with Gasteiger partial charge in [-0.1, -0.05) is 36.3 Å². The third-order valence-electron chi connectivity index (χ3n) is 10.1. The number of carbonyl (C=O) groups excluding carboxylic acids is 2. The second-order valence-electron chi connectivity index (χ2n) is 11.8. The van der Waals surface area contributed by atoms with Gasteiger partial charge < -0.3 is 4.90 Å². The lowest BCUT2D eigenvalue weighted by atomic mass is 9.52. The van der Waals surface area contributed by atoms with Gasteiger partial charge in [0.25, 0.3) is 0 Å². The van der Waals surface area contributed by atoms with Crippen LogP contribution in [0.3, 0.4) is 0 Å². The number of anilines is 1. The number of piperazine rings is 1. The van der Waals surface area contributed by atoms with E-state index in [-0.39, 0.29) is 22.5 Å². The van der Waals surface area contributed by atoms with E-state index in [4.69, 9.17) is 0 Å². The van der Waals surface area contributed by atoms with Gasteiger partial charge in [-0.25, -0.2) is 4.98 Å². The maximum atomic E-state index is 13.7. The first-order valence-electron chi connectivity index (χ1n) is 13.4. The van der Waals surface area contributed by atoms with E-state index in [1.54, 1.807) is 6.08 Å². The lowest BCUT2D eigenvalue weighted by Crippen LogP contribution is -2.50. The van der Waals surface area contributed by atoms with Crippen molar-refractivity contribution < 1.29 is 9.59 Å². The van der Waals surface area contributed by atoms with E-state index in [1.807, 2.05) is 24.4 Å². The molecule has 0 aromatic carbocycles. The average molecular weight is 472 g/mol. The summed E-state index contributed by atoms with van der Waals surface area (Å²) in [7, 11) is 0. The van der Waals surface area contributed by atoms with Crippen molar-refractivity contribution >= 4 is 17.4 Å². The van der Waals surface area contributed by atoms with Crippen LogP contribution in [-0.4, -0.2) is 54.2 Å². The Labute approximate surface area is 209 Å². The second-order valence-corrected chi connectivity index (χ2v) is 11.8. The van der Waals surface area contributed by atoms with Gasteiger partial charge in [0.05, 0.1) is 6.54 Å². The van der Waals surface area contributed by atoms with Gasteiger partial charge in [0.1, 0.15) is 11.6 Å². The van der Waals surface area contributed by atoms with Gasteiger partial charge in [-0.3, -0.25) is 14.5 Å². The molecule has 6 rings (SSSR count). The summed E-state index contributed by atoms with van der Waals surface area (Å²) in [6, 6.07) is 6.05. The van der Waals surface area contributed by atoms with Crippen molar-refractivity contribution in [2.45, 2.75) is 46.0 Å². The van der Waals surface area contributed by atoms with Crippen LogP contribution in [0.4, 0.5) is 5.82 Å². The molecule has 0 spiro atoms. The fourth-order valence-electron chi connectivity index (χ4n) is 8.06. The molecule has 184 valence electrons. The number of ketones is 2. The van der Waals surface area contributed by atoms with Crippen LogP contribution in [0.15, 0.2) is 59.8 Å². The van der Waals surface area contributed by atoms with Crippen LogP contribution in [0.2, 0.25) is 0 Å². The van der Waals surface area contributed by atoms with Gasteiger partial charge in [0, 0.05) is 43.7 Å². The smallest absolute Gasteiger partial charge is 0.178 e. The Kier molecular flexibility index (Phi) is 5.59. The minimum atomic E-state index is -0.104. The minimum absolute atomic E-state index is 0.0623. The quantitative estimate of drug-likeness (QED) is 0.600. The van der Waals surface area contributed by atoms with Crippen LogP contribution >= 0.6 is 0 Å². The molecule has 35 heavy (non-hydrogen) atoms. The normalized spacial score (nSPS) is 36.7. The van der Waals surface area contributed by atoms with E-state index in [0.717, 1.165) is 64.1 Å². The first kappa shape index (κ1) is 22.9. The Morgan fingerprint density at radius 3 is 2.71 bits per heavy atom. The summed E-state index contributed by atoms with van der Waals surface area (Å²) in [6.45, 7) is 8.96. The van der Waals surface area contributed by atoms with E-state index < -0.39 is 0 Å². The van der Waals surface area contributed by atoms with Gasteiger partial charge in [-0.2, -0.15) is 0 Å². The van der Waals surface area contributed by atoms with Gasteiger partial charge in [0.2, 0.25) is 0 Å². The molecule has 0 N–H and O–H groups in total. The van der Waals surface area contributed by atoms with Crippen LogP contribution < -0.4 is 4.90 Å². The summed E-state index contributed by atoms with van der Waals surface area (Å²) < 4.78 is 0. The topological polar surface area (TPSA) is 53.5 Å². The van der Waals surface area contributed by atoms with Gasteiger partial charge in [-0.05, 0) is 80.6 Å². The number of rotatable bonds is 4. The van der Waals surface area contributed by atoms with Crippen LogP contribution in [0, 0.1) is 28.6 Å². The Balaban J connectivity index is 1.14. The van der Waals surface area contributed by atoms with Gasteiger partial charge in [-0.15, -0.1) is 0 Å². The van der Waals surface area contributed by atoms with Crippen LogP contribution in [0.1, 0.15) is 46.0 Å². The molecule has 1 aromatic heterocycles. The molecule has 0 bridgehead atoms. The van der Waals surface area contributed by atoms with Crippen molar-refractivity contribution in [1.29, 1.82) is 0 Å². The molecule has 1 saturated heterocycles. The number of pyridine rings is 1. The molecule has 3 fully saturated rings. The molecule has 1 aliphatic heterocycles. The molecule has 2 heterocycles. The SMILES string of the molecule is C[C@]12C=CC(=O)C=C1CC[C@@H]1C2=CC[C@]2(C)[C@@H](C(=O)CN3CCN(c4ccccn4)CC3)CC[C@@H]12. The molecule has 5 nitrogen and oxygen atoms in total. The molecule has 0 unspecified atom stereocenters. The summed E-state index contributed by atoms with van der Waals surface area (Å²) in [5, 5.41) is 0. The lowest BCUT2D eigenvalue weighted by Gasteiger charge is -2.52.